The fourth-order valence-electron chi connectivity index (χ4n) is 2.12. The second kappa shape index (κ2) is 7.64. The summed E-state index contributed by atoms with van der Waals surface area (Å²) in [6.07, 6.45) is 0. The minimum atomic E-state index is -0.816. The van der Waals surface area contributed by atoms with Crippen LogP contribution in [0.4, 0.5) is 0 Å². The van der Waals surface area contributed by atoms with Crippen LogP contribution >= 0.6 is 11.8 Å². The lowest BCUT2D eigenvalue weighted by molar-refractivity contribution is 0.0839. The quantitative estimate of drug-likeness (QED) is 0.763. The highest BCUT2D eigenvalue weighted by Gasteiger charge is 2.22. The maximum atomic E-state index is 10.6. The Morgan fingerprint density at radius 2 is 1.86 bits per heavy atom. The van der Waals surface area contributed by atoms with Gasteiger partial charge in [-0.2, -0.15) is 0 Å². The third kappa shape index (κ3) is 4.88. The minimum absolute atomic E-state index is 0.641. The van der Waals surface area contributed by atoms with Crippen molar-refractivity contribution in [2.75, 3.05) is 12.3 Å². The molecule has 3 heteroatoms. The van der Waals surface area contributed by atoms with Crippen LogP contribution in [0.3, 0.4) is 0 Å². The number of benzene rings is 2. The summed E-state index contributed by atoms with van der Waals surface area (Å²) >= 11 is 1.69. The largest absolute Gasteiger partial charge is 0.385 e. The Kier molecular flexibility index (Phi) is 5.85. The van der Waals surface area contributed by atoms with E-state index in [1.54, 1.807) is 11.8 Å². The molecule has 0 aliphatic heterocycles. The van der Waals surface area contributed by atoms with Crippen LogP contribution in [-0.2, 0) is 12.1 Å². The van der Waals surface area contributed by atoms with E-state index in [0.29, 0.717) is 5.75 Å². The molecular formula is C18H23NOS. The molecule has 0 saturated heterocycles. The average molecular weight is 301 g/mol. The normalized spacial score (nSPS) is 13.9. The Bertz CT molecular complexity index is 554. The van der Waals surface area contributed by atoms with Crippen LogP contribution in [0.15, 0.2) is 59.5 Å². The zero-order valence-corrected chi connectivity index (χ0v) is 13.5. The molecule has 0 amide bonds. The molecule has 21 heavy (non-hydrogen) atoms. The van der Waals surface area contributed by atoms with Gasteiger partial charge in [0.2, 0.25) is 0 Å². The summed E-state index contributed by atoms with van der Waals surface area (Å²) in [5.41, 5.74) is 1.42. The Labute approximate surface area is 131 Å². The van der Waals surface area contributed by atoms with Crippen molar-refractivity contribution in [2.24, 2.45) is 0 Å². The topological polar surface area (TPSA) is 32.3 Å². The third-order valence-electron chi connectivity index (χ3n) is 3.39. The number of aliphatic hydroxyl groups is 1. The van der Waals surface area contributed by atoms with Gasteiger partial charge in [0.25, 0.3) is 0 Å². The number of hydrogen-bond acceptors (Lipinski definition) is 3. The monoisotopic (exact) mass is 301 g/mol. The van der Waals surface area contributed by atoms with E-state index in [9.17, 15) is 5.11 Å². The molecule has 112 valence electrons. The zero-order valence-electron chi connectivity index (χ0n) is 12.7. The Balaban J connectivity index is 1.99. The number of nitrogens with one attached hydrogen (secondary N) is 1. The summed E-state index contributed by atoms with van der Waals surface area (Å²) in [7, 11) is 0. The highest BCUT2D eigenvalue weighted by Crippen LogP contribution is 2.29. The highest BCUT2D eigenvalue weighted by molar-refractivity contribution is 7.99. The Morgan fingerprint density at radius 3 is 2.57 bits per heavy atom. The van der Waals surface area contributed by atoms with Crippen molar-refractivity contribution < 1.29 is 5.11 Å². The van der Waals surface area contributed by atoms with Gasteiger partial charge in [-0.25, -0.2) is 0 Å². The molecule has 0 aliphatic carbocycles. The first-order valence-corrected chi connectivity index (χ1v) is 8.31. The van der Waals surface area contributed by atoms with E-state index in [1.165, 1.54) is 10.5 Å². The summed E-state index contributed by atoms with van der Waals surface area (Å²) in [4.78, 5) is 1.20. The summed E-state index contributed by atoms with van der Waals surface area (Å²) < 4.78 is 0. The van der Waals surface area contributed by atoms with Gasteiger partial charge in [-0.1, -0.05) is 49.4 Å². The van der Waals surface area contributed by atoms with Crippen LogP contribution in [0.1, 0.15) is 25.0 Å². The summed E-state index contributed by atoms with van der Waals surface area (Å²) in [5.74, 6) is 0.641. The summed E-state index contributed by atoms with van der Waals surface area (Å²) in [5, 5.41) is 14.0. The molecular weight excluding hydrogens is 278 g/mol. The van der Waals surface area contributed by atoms with Gasteiger partial charge >= 0.3 is 0 Å². The third-order valence-corrected chi connectivity index (χ3v) is 4.69. The predicted molar refractivity (Wildman–Crippen MR) is 90.6 cm³/mol. The Morgan fingerprint density at radius 1 is 1.10 bits per heavy atom. The van der Waals surface area contributed by atoms with Gasteiger partial charge in [-0.3, -0.25) is 0 Å². The van der Waals surface area contributed by atoms with Crippen molar-refractivity contribution in [3.05, 3.63) is 65.7 Å². The maximum absolute atomic E-state index is 10.6. The van der Waals surface area contributed by atoms with Crippen molar-refractivity contribution in [2.45, 2.75) is 30.9 Å². The molecule has 2 nitrogen and oxygen atoms in total. The van der Waals surface area contributed by atoms with Gasteiger partial charge in [0, 0.05) is 17.2 Å². The SMILES string of the molecule is CCNCc1cccc(SCC(C)(O)c2ccccc2)c1. The van der Waals surface area contributed by atoms with Crippen LogP contribution < -0.4 is 5.32 Å². The molecule has 0 aliphatic rings. The zero-order chi connectivity index (χ0) is 15.1. The first kappa shape index (κ1) is 16.1. The van der Waals surface area contributed by atoms with Crippen LogP contribution in [0.2, 0.25) is 0 Å². The second-order valence-corrected chi connectivity index (χ2v) is 6.41. The van der Waals surface area contributed by atoms with Crippen LogP contribution in [0, 0.1) is 0 Å². The molecule has 0 heterocycles. The van der Waals surface area contributed by atoms with Gasteiger partial charge in [-0.05, 0) is 36.7 Å². The fraction of sp³-hybridized carbons (Fsp3) is 0.333. The van der Waals surface area contributed by atoms with Crippen molar-refractivity contribution in [1.82, 2.24) is 5.32 Å². The molecule has 1 atom stereocenters. The van der Waals surface area contributed by atoms with Gasteiger partial charge in [0.05, 0.1) is 5.60 Å². The van der Waals surface area contributed by atoms with Crippen LogP contribution in [-0.4, -0.2) is 17.4 Å². The van der Waals surface area contributed by atoms with Gasteiger partial charge in [0.1, 0.15) is 0 Å². The van der Waals surface area contributed by atoms with Crippen molar-refractivity contribution >= 4 is 11.8 Å². The first-order chi connectivity index (χ1) is 10.1. The molecule has 2 aromatic rings. The van der Waals surface area contributed by atoms with E-state index >= 15 is 0 Å². The second-order valence-electron chi connectivity index (χ2n) is 5.36. The maximum Gasteiger partial charge on any atom is 0.0962 e. The molecule has 0 aromatic heterocycles. The average Bonchev–Trinajstić information content (AvgIpc) is 2.52. The first-order valence-electron chi connectivity index (χ1n) is 7.32. The molecule has 1 unspecified atom stereocenters. The van der Waals surface area contributed by atoms with Gasteiger partial charge < -0.3 is 10.4 Å². The van der Waals surface area contributed by atoms with Crippen molar-refractivity contribution in [3.8, 4) is 0 Å². The highest BCUT2D eigenvalue weighted by atomic mass is 32.2. The number of thioether (sulfide) groups is 1. The fourth-order valence-corrected chi connectivity index (χ4v) is 3.14. The Hall–Kier alpha value is -1.29. The van der Waals surface area contributed by atoms with E-state index in [2.05, 4.69) is 36.5 Å². The lowest BCUT2D eigenvalue weighted by Gasteiger charge is -2.23. The molecule has 0 spiro atoms. The van der Waals surface area contributed by atoms with E-state index < -0.39 is 5.60 Å². The predicted octanol–water partition coefficient (Wildman–Crippen LogP) is 3.80. The molecule has 2 rings (SSSR count). The van der Waals surface area contributed by atoms with Crippen LogP contribution in [0.5, 0.6) is 0 Å². The number of hydrogen-bond donors (Lipinski definition) is 2. The smallest absolute Gasteiger partial charge is 0.0962 e. The molecule has 0 bridgehead atoms. The van der Waals surface area contributed by atoms with E-state index in [0.717, 1.165) is 18.7 Å². The lowest BCUT2D eigenvalue weighted by atomic mass is 9.99. The molecule has 2 N–H and O–H groups in total. The van der Waals surface area contributed by atoms with E-state index in [1.807, 2.05) is 37.3 Å². The molecule has 0 saturated carbocycles. The van der Waals surface area contributed by atoms with Gasteiger partial charge in [0.15, 0.2) is 0 Å². The molecule has 0 fully saturated rings. The summed E-state index contributed by atoms with van der Waals surface area (Å²) in [6.45, 7) is 5.84. The van der Waals surface area contributed by atoms with E-state index in [4.69, 9.17) is 0 Å². The molecule has 2 aromatic carbocycles. The minimum Gasteiger partial charge on any atom is -0.385 e. The van der Waals surface area contributed by atoms with Gasteiger partial charge in [-0.15, -0.1) is 11.8 Å². The molecule has 0 radical (unpaired) electrons. The van der Waals surface area contributed by atoms with E-state index in [-0.39, 0.29) is 0 Å². The van der Waals surface area contributed by atoms with Crippen LogP contribution in [0.25, 0.3) is 0 Å². The standard InChI is InChI=1S/C18H23NOS/c1-3-19-13-15-8-7-11-17(12-15)21-14-18(2,20)16-9-5-4-6-10-16/h4-12,19-20H,3,13-14H2,1-2H3. The van der Waals surface area contributed by atoms with Crippen molar-refractivity contribution in [1.29, 1.82) is 0 Å². The number of rotatable bonds is 7. The lowest BCUT2D eigenvalue weighted by Crippen LogP contribution is -2.24. The summed E-state index contributed by atoms with van der Waals surface area (Å²) in [6, 6.07) is 18.3. The van der Waals surface area contributed by atoms with Crippen molar-refractivity contribution in [3.63, 3.8) is 0 Å².